The van der Waals surface area contributed by atoms with Gasteiger partial charge >= 0.3 is 5.97 Å². The first-order chi connectivity index (χ1) is 11.9. The maximum absolute atomic E-state index is 12.7. The van der Waals surface area contributed by atoms with E-state index < -0.39 is 5.41 Å². The lowest BCUT2D eigenvalue weighted by Crippen LogP contribution is -2.35. The van der Waals surface area contributed by atoms with Gasteiger partial charge in [0.15, 0.2) is 0 Å². The van der Waals surface area contributed by atoms with Gasteiger partial charge in [0.2, 0.25) is 0 Å². The van der Waals surface area contributed by atoms with Crippen LogP contribution < -0.4 is 0 Å². The average Bonchev–Trinajstić information content (AvgIpc) is 2.63. The molecule has 1 rings (SSSR count). The molecule has 3 atom stereocenters. The zero-order valence-electron chi connectivity index (χ0n) is 16.0. The van der Waals surface area contributed by atoms with E-state index in [1.54, 1.807) is 0 Å². The quantitative estimate of drug-likeness (QED) is 0.611. The third kappa shape index (κ3) is 6.28. The number of carbonyl (C=O) groups is 2. The lowest BCUT2D eigenvalue weighted by molar-refractivity contribution is -0.158. The van der Waals surface area contributed by atoms with Crippen LogP contribution in [0.2, 0.25) is 0 Å². The summed E-state index contributed by atoms with van der Waals surface area (Å²) < 4.78 is 5.25. The molecule has 0 aliphatic rings. The van der Waals surface area contributed by atoms with Crippen molar-refractivity contribution in [2.45, 2.75) is 59.3 Å². The second kappa shape index (κ2) is 10.3. The van der Waals surface area contributed by atoms with E-state index in [0.29, 0.717) is 19.3 Å². The molecule has 1 aromatic carbocycles. The summed E-state index contributed by atoms with van der Waals surface area (Å²) in [6.45, 7) is 7.52. The summed E-state index contributed by atoms with van der Waals surface area (Å²) in [5.74, 6) is -0.137. The second-order valence-corrected chi connectivity index (χ2v) is 7.07. The molecule has 140 valence electrons. The summed E-state index contributed by atoms with van der Waals surface area (Å²) in [6.07, 6.45) is 2.47. The Morgan fingerprint density at radius 1 is 1.16 bits per heavy atom. The molecule has 0 spiro atoms. The first-order valence-corrected chi connectivity index (χ1v) is 9.23. The van der Waals surface area contributed by atoms with Crippen LogP contribution in [0.1, 0.15) is 64.9 Å². The van der Waals surface area contributed by atoms with Crippen molar-refractivity contribution < 1.29 is 19.4 Å². The first-order valence-electron chi connectivity index (χ1n) is 9.23. The minimum atomic E-state index is -0.754. The van der Waals surface area contributed by atoms with Gasteiger partial charge in [0, 0.05) is 12.3 Å². The molecule has 0 aliphatic heterocycles. The number of Topliss-reactive ketones (excluding diaryl/α,β-unsaturated/α-hetero) is 1. The van der Waals surface area contributed by atoms with E-state index in [0.717, 1.165) is 6.42 Å². The van der Waals surface area contributed by atoms with Gasteiger partial charge in [-0.2, -0.15) is 0 Å². The summed E-state index contributed by atoms with van der Waals surface area (Å²) in [4.78, 5) is 24.8. The van der Waals surface area contributed by atoms with Gasteiger partial charge in [-0.1, -0.05) is 51.1 Å². The van der Waals surface area contributed by atoms with E-state index in [4.69, 9.17) is 9.84 Å². The predicted octanol–water partition coefficient (Wildman–Crippen LogP) is 4.12. The Morgan fingerprint density at radius 2 is 1.80 bits per heavy atom. The number of esters is 1. The van der Waals surface area contributed by atoms with Crippen molar-refractivity contribution in [2.75, 3.05) is 13.2 Å². The summed E-state index contributed by atoms with van der Waals surface area (Å²) in [6, 6.07) is 10.1. The fraction of sp³-hybridized carbons (Fsp3) is 0.619. The molecule has 0 aromatic heterocycles. The van der Waals surface area contributed by atoms with Crippen LogP contribution >= 0.6 is 0 Å². The highest BCUT2D eigenvalue weighted by Gasteiger charge is 2.39. The monoisotopic (exact) mass is 348 g/mol. The van der Waals surface area contributed by atoms with Crippen molar-refractivity contribution in [3.8, 4) is 0 Å². The van der Waals surface area contributed by atoms with Crippen LogP contribution in [0, 0.1) is 11.3 Å². The molecule has 1 N–H and O–H groups in total. The van der Waals surface area contributed by atoms with E-state index in [1.807, 2.05) is 39.0 Å². The highest BCUT2D eigenvalue weighted by atomic mass is 16.5. The van der Waals surface area contributed by atoms with Gasteiger partial charge in [-0.3, -0.25) is 9.59 Å². The van der Waals surface area contributed by atoms with E-state index >= 15 is 0 Å². The third-order valence-corrected chi connectivity index (χ3v) is 4.93. The van der Waals surface area contributed by atoms with E-state index in [2.05, 4.69) is 19.1 Å². The largest absolute Gasteiger partial charge is 0.463 e. The Balaban J connectivity index is 3.03. The maximum atomic E-state index is 12.7. The molecule has 4 heteroatoms. The Morgan fingerprint density at radius 3 is 2.32 bits per heavy atom. The highest BCUT2D eigenvalue weighted by molar-refractivity contribution is 5.82. The van der Waals surface area contributed by atoms with E-state index in [9.17, 15) is 9.59 Å². The van der Waals surface area contributed by atoms with Crippen molar-refractivity contribution in [1.82, 2.24) is 0 Å². The molecular weight excluding hydrogens is 316 g/mol. The zero-order valence-corrected chi connectivity index (χ0v) is 16.0. The summed E-state index contributed by atoms with van der Waals surface area (Å²) in [5, 5.41) is 8.96. The van der Waals surface area contributed by atoms with Gasteiger partial charge in [-0.15, -0.1) is 0 Å². The fourth-order valence-corrected chi connectivity index (χ4v) is 3.47. The van der Waals surface area contributed by atoms with E-state index in [-0.39, 0.29) is 36.8 Å². The number of aliphatic hydroxyl groups is 1. The summed E-state index contributed by atoms with van der Waals surface area (Å²) >= 11 is 0. The number of carbonyl (C=O) groups excluding carboxylic acids is 2. The number of hydrogen-bond donors (Lipinski definition) is 1. The molecule has 4 nitrogen and oxygen atoms in total. The number of ketones is 1. The zero-order chi connectivity index (χ0) is 18.9. The number of benzene rings is 1. The Bertz CT molecular complexity index is 540. The molecular formula is C21H32O4. The van der Waals surface area contributed by atoms with Crippen molar-refractivity contribution >= 4 is 11.8 Å². The maximum Gasteiger partial charge on any atom is 0.311 e. The topological polar surface area (TPSA) is 63.6 Å². The summed E-state index contributed by atoms with van der Waals surface area (Å²) in [5.41, 5.74) is 0.441. The summed E-state index contributed by atoms with van der Waals surface area (Å²) in [7, 11) is 0. The molecule has 0 radical (unpaired) electrons. The van der Waals surface area contributed by atoms with Gasteiger partial charge in [0.05, 0.1) is 12.0 Å². The van der Waals surface area contributed by atoms with Crippen LogP contribution in [0.25, 0.3) is 0 Å². The van der Waals surface area contributed by atoms with Crippen LogP contribution in [0.5, 0.6) is 0 Å². The van der Waals surface area contributed by atoms with Crippen molar-refractivity contribution in [3.05, 3.63) is 35.9 Å². The molecule has 0 bridgehead atoms. The average molecular weight is 348 g/mol. The van der Waals surface area contributed by atoms with Crippen molar-refractivity contribution in [2.24, 2.45) is 11.3 Å². The molecule has 0 aliphatic carbocycles. The van der Waals surface area contributed by atoms with Crippen LogP contribution in [-0.2, 0) is 14.3 Å². The smallest absolute Gasteiger partial charge is 0.311 e. The molecule has 0 fully saturated rings. The molecule has 0 heterocycles. The van der Waals surface area contributed by atoms with E-state index in [1.165, 1.54) is 5.56 Å². The van der Waals surface area contributed by atoms with Crippen LogP contribution in [0.3, 0.4) is 0 Å². The van der Waals surface area contributed by atoms with Gasteiger partial charge in [-0.05, 0) is 37.7 Å². The molecule has 1 aromatic rings. The molecule has 0 saturated heterocycles. The minimum Gasteiger partial charge on any atom is -0.463 e. The van der Waals surface area contributed by atoms with Gasteiger partial charge in [-0.25, -0.2) is 0 Å². The van der Waals surface area contributed by atoms with Crippen LogP contribution in [-0.4, -0.2) is 30.1 Å². The number of rotatable bonds is 11. The van der Waals surface area contributed by atoms with Crippen molar-refractivity contribution in [1.29, 1.82) is 0 Å². The number of hydrogen-bond acceptors (Lipinski definition) is 4. The number of aliphatic hydroxyl groups excluding tert-OH is 1. The number of ether oxygens (including phenoxy) is 1. The highest BCUT2D eigenvalue weighted by Crippen LogP contribution is 2.40. The van der Waals surface area contributed by atoms with Crippen LogP contribution in [0.4, 0.5) is 0 Å². The molecule has 25 heavy (non-hydrogen) atoms. The van der Waals surface area contributed by atoms with Gasteiger partial charge in [0.25, 0.3) is 0 Å². The first kappa shape index (κ1) is 21.4. The molecule has 0 amide bonds. The minimum absolute atomic E-state index is 0.00728. The van der Waals surface area contributed by atoms with Gasteiger partial charge in [0.1, 0.15) is 12.4 Å². The standard InChI is InChI=1S/C21H32O4/c1-5-17(18-10-8-7-9-11-18)15-21(4,20(24)25-13-12-22)14-16(3)19(23)6-2/h7-11,16-17,22H,5-6,12-15H2,1-4H3. The van der Waals surface area contributed by atoms with Gasteiger partial charge < -0.3 is 9.84 Å². The third-order valence-electron chi connectivity index (χ3n) is 4.93. The lowest BCUT2D eigenvalue weighted by atomic mass is 9.72. The van der Waals surface area contributed by atoms with Crippen molar-refractivity contribution in [3.63, 3.8) is 0 Å². The predicted molar refractivity (Wildman–Crippen MR) is 99.3 cm³/mol. The van der Waals surface area contributed by atoms with Crippen LogP contribution in [0.15, 0.2) is 30.3 Å². The SMILES string of the molecule is CCC(=O)C(C)CC(C)(CC(CC)c1ccccc1)C(=O)OCCO. The Hall–Kier alpha value is -1.68. The lowest BCUT2D eigenvalue weighted by Gasteiger charge is -2.33. The normalized spacial score (nSPS) is 15.9. The Labute approximate surface area is 151 Å². The fourth-order valence-electron chi connectivity index (χ4n) is 3.47. The molecule has 0 saturated carbocycles. The second-order valence-electron chi connectivity index (χ2n) is 7.07. The Kier molecular flexibility index (Phi) is 8.84. The molecule has 3 unspecified atom stereocenters.